The highest BCUT2D eigenvalue weighted by molar-refractivity contribution is 7.92. The van der Waals surface area contributed by atoms with Crippen molar-refractivity contribution in [3.05, 3.63) is 47.5 Å². The number of benzene rings is 1. The third-order valence-corrected chi connectivity index (χ3v) is 6.19. The van der Waals surface area contributed by atoms with Crippen LogP contribution in [0, 0.1) is 5.92 Å². The number of amides is 1. The van der Waals surface area contributed by atoms with Crippen LogP contribution in [0.25, 0.3) is 22.4 Å². The number of rotatable bonds is 6. The number of anilines is 1. The van der Waals surface area contributed by atoms with Gasteiger partial charge in [-0.1, -0.05) is 30.3 Å². The fourth-order valence-corrected chi connectivity index (χ4v) is 3.78. The van der Waals surface area contributed by atoms with E-state index < -0.39 is 15.9 Å². The molecule has 1 aliphatic carbocycles. The van der Waals surface area contributed by atoms with Crippen LogP contribution in [0.2, 0.25) is 0 Å². The lowest BCUT2D eigenvalue weighted by Crippen LogP contribution is -2.27. The van der Waals surface area contributed by atoms with Gasteiger partial charge in [-0.25, -0.2) is 8.42 Å². The van der Waals surface area contributed by atoms with Crippen molar-refractivity contribution >= 4 is 32.8 Å². The van der Waals surface area contributed by atoms with Gasteiger partial charge in [-0.05, 0) is 36.8 Å². The number of aromatic nitrogens is 1. The highest BCUT2D eigenvalue weighted by Crippen LogP contribution is 2.39. The van der Waals surface area contributed by atoms with E-state index in [1.54, 1.807) is 6.07 Å². The lowest BCUT2D eigenvalue weighted by atomic mass is 10.0. The summed E-state index contributed by atoms with van der Waals surface area (Å²) in [6.45, 7) is 0. The summed E-state index contributed by atoms with van der Waals surface area (Å²) in [7, 11) is -2.03. The van der Waals surface area contributed by atoms with E-state index in [0.717, 1.165) is 29.0 Å². The van der Waals surface area contributed by atoms with Gasteiger partial charge in [-0.3, -0.25) is 9.10 Å². The number of primary amides is 1. The molecule has 0 unspecified atom stereocenters. The lowest BCUT2D eigenvalue weighted by Gasteiger charge is -2.19. The van der Waals surface area contributed by atoms with Crippen molar-refractivity contribution < 1.29 is 17.6 Å². The SMILES string of the molecule is CN(c1nc2oc(-c3ccccc3)c(C(N)=O)c2cc1CC1CC1)S(C)(=O)=O. The molecule has 1 saturated carbocycles. The molecule has 2 N–H and O–H groups in total. The van der Waals surface area contributed by atoms with Crippen molar-refractivity contribution in [3.8, 4) is 11.3 Å². The van der Waals surface area contributed by atoms with E-state index in [2.05, 4.69) is 4.98 Å². The van der Waals surface area contributed by atoms with Crippen LogP contribution < -0.4 is 10.0 Å². The summed E-state index contributed by atoms with van der Waals surface area (Å²) in [6, 6.07) is 11.0. The summed E-state index contributed by atoms with van der Waals surface area (Å²) in [5, 5.41) is 0.507. The van der Waals surface area contributed by atoms with Gasteiger partial charge in [-0.15, -0.1) is 0 Å². The van der Waals surface area contributed by atoms with Crippen molar-refractivity contribution in [2.24, 2.45) is 11.7 Å². The number of fused-ring (bicyclic) bond motifs is 1. The quantitative estimate of drug-likeness (QED) is 0.686. The summed E-state index contributed by atoms with van der Waals surface area (Å²) < 4.78 is 31.3. The van der Waals surface area contributed by atoms with E-state index in [4.69, 9.17) is 10.2 Å². The van der Waals surface area contributed by atoms with Gasteiger partial charge in [0, 0.05) is 12.6 Å². The molecule has 28 heavy (non-hydrogen) atoms. The predicted molar refractivity (Wildman–Crippen MR) is 108 cm³/mol. The molecule has 8 heteroatoms. The van der Waals surface area contributed by atoms with E-state index in [1.165, 1.54) is 7.05 Å². The Labute approximate surface area is 163 Å². The molecule has 2 heterocycles. The minimum Gasteiger partial charge on any atom is -0.437 e. The summed E-state index contributed by atoms with van der Waals surface area (Å²) in [4.78, 5) is 16.7. The monoisotopic (exact) mass is 399 g/mol. The first-order chi connectivity index (χ1) is 13.3. The molecule has 0 atom stereocenters. The number of nitrogens with zero attached hydrogens (tertiary/aromatic N) is 2. The maximum atomic E-state index is 12.2. The third kappa shape index (κ3) is 3.35. The van der Waals surface area contributed by atoms with Crippen LogP contribution in [0.4, 0.5) is 5.82 Å². The highest BCUT2D eigenvalue weighted by Gasteiger charge is 2.29. The second kappa shape index (κ2) is 6.63. The molecule has 1 fully saturated rings. The van der Waals surface area contributed by atoms with Gasteiger partial charge < -0.3 is 10.2 Å². The number of carbonyl (C=O) groups excluding carboxylic acids is 1. The maximum Gasteiger partial charge on any atom is 0.253 e. The number of nitrogens with two attached hydrogens (primary N) is 1. The number of pyridine rings is 1. The van der Waals surface area contributed by atoms with Gasteiger partial charge in [0.05, 0.1) is 17.2 Å². The first-order valence-electron chi connectivity index (χ1n) is 9.01. The Morgan fingerprint density at radius 2 is 1.96 bits per heavy atom. The second-order valence-electron chi connectivity index (χ2n) is 7.24. The molecule has 1 aliphatic rings. The van der Waals surface area contributed by atoms with E-state index in [1.807, 2.05) is 30.3 Å². The fourth-order valence-electron chi connectivity index (χ4n) is 3.31. The van der Waals surface area contributed by atoms with E-state index in [9.17, 15) is 13.2 Å². The fraction of sp³-hybridized carbons (Fsp3) is 0.300. The average molecular weight is 399 g/mol. The van der Waals surface area contributed by atoms with Gasteiger partial charge in [0.1, 0.15) is 11.6 Å². The zero-order valence-electron chi connectivity index (χ0n) is 15.7. The molecule has 0 radical (unpaired) electrons. The van der Waals surface area contributed by atoms with Crippen molar-refractivity contribution in [1.82, 2.24) is 4.98 Å². The molecule has 0 aliphatic heterocycles. The first kappa shape index (κ1) is 18.5. The first-order valence-corrected chi connectivity index (χ1v) is 10.9. The topological polar surface area (TPSA) is 106 Å². The molecule has 0 saturated heterocycles. The van der Waals surface area contributed by atoms with E-state index in [0.29, 0.717) is 34.9 Å². The highest BCUT2D eigenvalue weighted by atomic mass is 32.2. The molecular weight excluding hydrogens is 378 g/mol. The molecular formula is C20H21N3O4S. The van der Waals surface area contributed by atoms with Crippen LogP contribution in [-0.2, 0) is 16.4 Å². The van der Waals surface area contributed by atoms with E-state index >= 15 is 0 Å². The van der Waals surface area contributed by atoms with E-state index in [-0.39, 0.29) is 11.3 Å². The molecule has 146 valence electrons. The molecule has 0 spiro atoms. The van der Waals surface area contributed by atoms with Crippen LogP contribution in [-0.4, -0.2) is 32.6 Å². The molecule has 7 nitrogen and oxygen atoms in total. The van der Waals surface area contributed by atoms with Crippen LogP contribution in [0.1, 0.15) is 28.8 Å². The molecule has 4 rings (SSSR count). The van der Waals surface area contributed by atoms with Crippen molar-refractivity contribution in [2.45, 2.75) is 19.3 Å². The normalized spacial score (nSPS) is 14.4. The van der Waals surface area contributed by atoms with Gasteiger partial charge in [0.2, 0.25) is 15.7 Å². The molecule has 1 amide bonds. The Balaban J connectivity index is 1.98. The lowest BCUT2D eigenvalue weighted by molar-refractivity contribution is 0.100. The molecule has 3 aromatic rings. The number of sulfonamides is 1. The Bertz CT molecular complexity index is 1170. The number of carbonyl (C=O) groups is 1. The number of hydrogen-bond donors (Lipinski definition) is 1. The zero-order valence-corrected chi connectivity index (χ0v) is 16.5. The Morgan fingerprint density at radius 1 is 1.29 bits per heavy atom. The number of hydrogen-bond acceptors (Lipinski definition) is 5. The largest absolute Gasteiger partial charge is 0.437 e. The summed E-state index contributed by atoms with van der Waals surface area (Å²) in [5.41, 5.74) is 7.59. The second-order valence-corrected chi connectivity index (χ2v) is 9.25. The van der Waals surface area contributed by atoms with Crippen molar-refractivity contribution in [3.63, 3.8) is 0 Å². The smallest absolute Gasteiger partial charge is 0.253 e. The van der Waals surface area contributed by atoms with Crippen LogP contribution >= 0.6 is 0 Å². The minimum absolute atomic E-state index is 0.192. The summed E-state index contributed by atoms with van der Waals surface area (Å²) in [5.74, 6) is 0.558. The zero-order chi connectivity index (χ0) is 20.1. The third-order valence-electron chi connectivity index (χ3n) is 5.02. The summed E-state index contributed by atoms with van der Waals surface area (Å²) >= 11 is 0. The van der Waals surface area contributed by atoms with Gasteiger partial charge in [0.15, 0.2) is 0 Å². The standard InChI is InChI=1S/C20H21N3O4S/c1-23(28(2,25)26)19-14(10-12-8-9-12)11-15-16(18(21)24)17(27-20(15)22-19)13-6-4-3-5-7-13/h3-7,11-12H,8-10H2,1-2H3,(H2,21,24). The Hall–Kier alpha value is -2.87. The van der Waals surface area contributed by atoms with Crippen LogP contribution in [0.5, 0.6) is 0 Å². The number of furan rings is 1. The van der Waals surface area contributed by atoms with Crippen molar-refractivity contribution in [2.75, 3.05) is 17.6 Å². The Kier molecular flexibility index (Phi) is 4.38. The van der Waals surface area contributed by atoms with Gasteiger partial charge in [-0.2, -0.15) is 4.98 Å². The molecule has 1 aromatic carbocycles. The maximum absolute atomic E-state index is 12.2. The molecule has 2 aromatic heterocycles. The summed E-state index contributed by atoms with van der Waals surface area (Å²) in [6.07, 6.45) is 4.03. The molecule has 0 bridgehead atoms. The van der Waals surface area contributed by atoms with Crippen LogP contribution in [0.15, 0.2) is 40.8 Å². The average Bonchev–Trinajstić information content (AvgIpc) is 3.37. The van der Waals surface area contributed by atoms with Crippen LogP contribution in [0.3, 0.4) is 0 Å². The predicted octanol–water partition coefficient (Wildman–Crippen LogP) is 2.94. The minimum atomic E-state index is -3.50. The van der Waals surface area contributed by atoms with Gasteiger partial charge in [0.25, 0.3) is 5.91 Å². The Morgan fingerprint density at radius 3 is 2.54 bits per heavy atom. The van der Waals surface area contributed by atoms with Crippen molar-refractivity contribution in [1.29, 1.82) is 0 Å². The van der Waals surface area contributed by atoms with Gasteiger partial charge >= 0.3 is 0 Å².